The maximum Gasteiger partial charge on any atom is 0.123 e. The molecular formula is C21H30FNS2. The number of anilines is 1. The van der Waals surface area contributed by atoms with Gasteiger partial charge in [0.2, 0.25) is 0 Å². The van der Waals surface area contributed by atoms with Gasteiger partial charge < -0.3 is 4.31 Å². The minimum Gasteiger partial charge on any atom is -0.319 e. The molecule has 0 saturated carbocycles. The summed E-state index contributed by atoms with van der Waals surface area (Å²) in [4.78, 5) is 1.17. The largest absolute Gasteiger partial charge is 0.319 e. The van der Waals surface area contributed by atoms with Crippen LogP contribution in [0.2, 0.25) is 0 Å². The van der Waals surface area contributed by atoms with Gasteiger partial charge in [0.25, 0.3) is 0 Å². The van der Waals surface area contributed by atoms with Crippen molar-refractivity contribution in [3.8, 4) is 0 Å². The van der Waals surface area contributed by atoms with E-state index in [1.165, 1.54) is 22.2 Å². The van der Waals surface area contributed by atoms with Crippen LogP contribution >= 0.6 is 23.7 Å². The molecule has 25 heavy (non-hydrogen) atoms. The third kappa shape index (κ3) is 6.59. The first-order valence-corrected chi connectivity index (χ1v) is 10.9. The molecule has 0 radical (unpaired) electrons. The topological polar surface area (TPSA) is 3.24 Å². The van der Waals surface area contributed by atoms with Gasteiger partial charge in [0.05, 0.1) is 5.69 Å². The van der Waals surface area contributed by atoms with E-state index in [2.05, 4.69) is 69.6 Å². The number of hydrogen-bond donors (Lipinski definition) is 0. The predicted octanol–water partition coefficient (Wildman–Crippen LogP) is 7.20. The first-order chi connectivity index (χ1) is 11.8. The van der Waals surface area contributed by atoms with E-state index in [1.54, 1.807) is 29.8 Å². The van der Waals surface area contributed by atoms with Gasteiger partial charge in [-0.15, -0.1) is 11.8 Å². The van der Waals surface area contributed by atoms with Gasteiger partial charge in [0, 0.05) is 18.2 Å². The highest BCUT2D eigenvalue weighted by molar-refractivity contribution is 7.99. The van der Waals surface area contributed by atoms with Crippen molar-refractivity contribution < 1.29 is 4.39 Å². The Labute approximate surface area is 161 Å². The monoisotopic (exact) mass is 379 g/mol. The van der Waals surface area contributed by atoms with Gasteiger partial charge in [-0.2, -0.15) is 0 Å². The molecule has 0 saturated heterocycles. The Morgan fingerprint density at radius 1 is 0.880 bits per heavy atom. The van der Waals surface area contributed by atoms with E-state index in [-0.39, 0.29) is 5.82 Å². The van der Waals surface area contributed by atoms with Crippen LogP contribution in [0.3, 0.4) is 0 Å². The molecule has 138 valence electrons. The van der Waals surface area contributed by atoms with Crippen LogP contribution in [0.1, 0.15) is 50.7 Å². The minimum absolute atomic E-state index is 0.142. The summed E-state index contributed by atoms with van der Waals surface area (Å²) in [5.74, 6) is 0.838. The molecule has 2 aromatic rings. The SMILES string of the molecule is CSN(C)c1ccccc1C(C)C.CSc1ccc(F)cc1C(C)C. The number of nitrogens with zero attached hydrogens (tertiary/aromatic N) is 1. The molecule has 4 heteroatoms. The van der Waals surface area contributed by atoms with Crippen molar-refractivity contribution >= 4 is 29.4 Å². The Balaban J connectivity index is 0.000000251. The summed E-state index contributed by atoms with van der Waals surface area (Å²) < 4.78 is 15.0. The fourth-order valence-corrected chi connectivity index (χ4v) is 3.61. The molecule has 1 nitrogen and oxygen atoms in total. The van der Waals surface area contributed by atoms with Gasteiger partial charge in [0.15, 0.2) is 0 Å². The second-order valence-corrected chi connectivity index (χ2v) is 8.20. The molecule has 0 fully saturated rings. The number of para-hydroxylation sites is 1. The number of halogens is 1. The van der Waals surface area contributed by atoms with Crippen LogP contribution < -0.4 is 4.31 Å². The molecule has 0 spiro atoms. The van der Waals surface area contributed by atoms with E-state index < -0.39 is 0 Å². The lowest BCUT2D eigenvalue weighted by Gasteiger charge is -2.20. The quantitative estimate of drug-likeness (QED) is 0.399. The van der Waals surface area contributed by atoms with Crippen LogP contribution in [0, 0.1) is 5.82 Å². The molecule has 0 amide bonds. The molecule has 0 N–H and O–H groups in total. The van der Waals surface area contributed by atoms with Crippen molar-refractivity contribution in [3.05, 3.63) is 59.4 Å². The molecule has 0 aliphatic heterocycles. The molecule has 0 atom stereocenters. The van der Waals surface area contributed by atoms with Gasteiger partial charge in [-0.3, -0.25) is 0 Å². The zero-order chi connectivity index (χ0) is 19.0. The molecule has 2 aromatic carbocycles. The second-order valence-electron chi connectivity index (χ2n) is 6.43. The zero-order valence-corrected chi connectivity index (χ0v) is 18.0. The lowest BCUT2D eigenvalue weighted by molar-refractivity contribution is 0.620. The highest BCUT2D eigenvalue weighted by Gasteiger charge is 2.08. The standard InChI is InChI=1S/C11H17NS.C10H13FS/c1-9(2)10-7-5-6-8-11(10)12(3)13-4;1-7(2)9-6-8(11)4-5-10(9)12-3/h5-9H,1-4H3;4-7H,1-3H3. The van der Waals surface area contributed by atoms with Crippen LogP contribution in [-0.2, 0) is 0 Å². The number of hydrogen-bond acceptors (Lipinski definition) is 3. The first-order valence-electron chi connectivity index (χ1n) is 8.52. The molecule has 0 bridgehead atoms. The third-order valence-electron chi connectivity index (χ3n) is 3.99. The fourth-order valence-electron chi connectivity index (χ4n) is 2.52. The van der Waals surface area contributed by atoms with Crippen molar-refractivity contribution in [2.45, 2.75) is 44.4 Å². The molecule has 0 aliphatic carbocycles. The van der Waals surface area contributed by atoms with E-state index in [1.807, 2.05) is 12.3 Å². The van der Waals surface area contributed by atoms with E-state index in [0.717, 1.165) is 5.56 Å². The summed E-state index contributed by atoms with van der Waals surface area (Å²) in [6, 6.07) is 13.5. The van der Waals surface area contributed by atoms with Crippen LogP contribution in [-0.4, -0.2) is 19.6 Å². The van der Waals surface area contributed by atoms with Crippen molar-refractivity contribution in [3.63, 3.8) is 0 Å². The predicted molar refractivity (Wildman–Crippen MR) is 115 cm³/mol. The Morgan fingerprint density at radius 2 is 1.48 bits per heavy atom. The van der Waals surface area contributed by atoms with Gasteiger partial charge >= 0.3 is 0 Å². The van der Waals surface area contributed by atoms with Crippen molar-refractivity contribution in [2.75, 3.05) is 23.9 Å². The van der Waals surface area contributed by atoms with Crippen molar-refractivity contribution in [1.29, 1.82) is 0 Å². The molecule has 0 unspecified atom stereocenters. The summed E-state index contributed by atoms with van der Waals surface area (Å²) in [6.45, 7) is 8.61. The van der Waals surface area contributed by atoms with Crippen LogP contribution in [0.25, 0.3) is 0 Å². The van der Waals surface area contributed by atoms with Crippen molar-refractivity contribution in [2.24, 2.45) is 0 Å². The van der Waals surface area contributed by atoms with Crippen LogP contribution in [0.4, 0.5) is 10.1 Å². The zero-order valence-electron chi connectivity index (χ0n) is 16.3. The highest BCUT2D eigenvalue weighted by atomic mass is 32.2. The lowest BCUT2D eigenvalue weighted by atomic mass is 10.0. The first kappa shape index (κ1) is 21.9. The Bertz CT molecular complexity index is 656. The second kappa shape index (κ2) is 10.8. The Morgan fingerprint density at radius 3 is 2.00 bits per heavy atom. The average Bonchev–Trinajstić information content (AvgIpc) is 2.61. The van der Waals surface area contributed by atoms with Gasteiger partial charge in [-0.05, 0) is 53.5 Å². The summed E-state index contributed by atoms with van der Waals surface area (Å²) in [5.41, 5.74) is 3.84. The highest BCUT2D eigenvalue weighted by Crippen LogP contribution is 2.29. The number of rotatable bonds is 5. The number of thioether (sulfide) groups is 1. The minimum atomic E-state index is -0.142. The molecule has 0 aliphatic rings. The van der Waals surface area contributed by atoms with Crippen molar-refractivity contribution in [1.82, 2.24) is 0 Å². The van der Waals surface area contributed by atoms with Crippen LogP contribution in [0.15, 0.2) is 47.4 Å². The fraction of sp³-hybridized carbons (Fsp3) is 0.429. The van der Waals surface area contributed by atoms with E-state index in [0.29, 0.717) is 11.8 Å². The molecular weight excluding hydrogens is 349 g/mol. The molecule has 0 heterocycles. The van der Waals surface area contributed by atoms with E-state index in [9.17, 15) is 4.39 Å². The summed E-state index contributed by atoms with van der Waals surface area (Å²) in [6.07, 6.45) is 4.11. The van der Waals surface area contributed by atoms with Gasteiger partial charge in [-0.1, -0.05) is 57.8 Å². The lowest BCUT2D eigenvalue weighted by Crippen LogP contribution is -2.08. The summed E-state index contributed by atoms with van der Waals surface area (Å²) >= 11 is 3.41. The average molecular weight is 380 g/mol. The summed E-state index contributed by atoms with van der Waals surface area (Å²) in [7, 11) is 2.10. The van der Waals surface area contributed by atoms with E-state index >= 15 is 0 Å². The molecule has 0 aromatic heterocycles. The smallest absolute Gasteiger partial charge is 0.123 e. The van der Waals surface area contributed by atoms with Crippen LogP contribution in [0.5, 0.6) is 0 Å². The normalized spacial score (nSPS) is 10.6. The van der Waals surface area contributed by atoms with Gasteiger partial charge in [0.1, 0.15) is 5.82 Å². The maximum absolute atomic E-state index is 12.8. The Hall–Kier alpha value is -1.13. The number of benzene rings is 2. The van der Waals surface area contributed by atoms with Gasteiger partial charge in [-0.25, -0.2) is 4.39 Å². The van der Waals surface area contributed by atoms with E-state index in [4.69, 9.17) is 0 Å². The third-order valence-corrected chi connectivity index (χ3v) is 5.54. The molecule has 2 rings (SSSR count). The maximum atomic E-state index is 12.8. The summed E-state index contributed by atoms with van der Waals surface area (Å²) in [5, 5.41) is 0. The Kier molecular flexibility index (Phi) is 9.44.